The maximum Gasteiger partial charge on any atom is 0.418 e. The van der Waals surface area contributed by atoms with E-state index in [1.807, 2.05) is 0 Å². The molecular weight excluding hydrogens is 275 g/mol. The van der Waals surface area contributed by atoms with Gasteiger partial charge in [0.1, 0.15) is 5.60 Å². The Labute approximate surface area is 114 Å². The van der Waals surface area contributed by atoms with Crippen LogP contribution in [0.1, 0.15) is 32.4 Å². The van der Waals surface area contributed by atoms with Crippen molar-refractivity contribution in [1.29, 1.82) is 0 Å². The molecule has 112 valence electrons. The Morgan fingerprint density at radius 2 is 1.90 bits per heavy atom. The molecule has 7 heteroatoms. The van der Waals surface area contributed by atoms with Crippen molar-refractivity contribution >= 4 is 11.8 Å². The minimum Gasteiger partial charge on any atom is -0.444 e. The van der Waals surface area contributed by atoms with Crippen molar-refractivity contribution in [3.63, 3.8) is 0 Å². The summed E-state index contributed by atoms with van der Waals surface area (Å²) in [5.41, 5.74) is -0.959. The Hall–Kier alpha value is -1.76. The van der Waals surface area contributed by atoms with Gasteiger partial charge in [-0.3, -0.25) is 5.32 Å². The molecular formula is C13H16F3NO3. The summed E-state index contributed by atoms with van der Waals surface area (Å²) < 4.78 is 42.1. The third kappa shape index (κ3) is 5.08. The Balaban J connectivity index is 2.82. The lowest BCUT2D eigenvalue weighted by Crippen LogP contribution is -2.27. The van der Waals surface area contributed by atoms with E-state index in [2.05, 4.69) is 5.32 Å². The molecule has 1 rings (SSSR count). The number of anilines is 1. The van der Waals surface area contributed by atoms with E-state index in [9.17, 15) is 18.0 Å². The SMILES string of the molecule is CC(C)(C)OC(=O)Nc1cccc([C@@H](O)C(F)(F)F)c1. The van der Waals surface area contributed by atoms with Crippen LogP contribution in [0.2, 0.25) is 0 Å². The molecule has 0 radical (unpaired) electrons. The average Bonchev–Trinajstić information content (AvgIpc) is 2.24. The molecule has 1 atom stereocenters. The summed E-state index contributed by atoms with van der Waals surface area (Å²) in [5.74, 6) is 0. The fourth-order valence-corrected chi connectivity index (χ4v) is 1.40. The third-order valence-electron chi connectivity index (χ3n) is 2.16. The number of ether oxygens (including phenoxy) is 1. The molecule has 0 saturated carbocycles. The minimum absolute atomic E-state index is 0.111. The topological polar surface area (TPSA) is 58.6 Å². The molecule has 1 aromatic carbocycles. The zero-order valence-electron chi connectivity index (χ0n) is 11.3. The van der Waals surface area contributed by atoms with Crippen LogP contribution in [0.3, 0.4) is 0 Å². The van der Waals surface area contributed by atoms with Gasteiger partial charge in [0.2, 0.25) is 0 Å². The van der Waals surface area contributed by atoms with Crippen LogP contribution >= 0.6 is 0 Å². The van der Waals surface area contributed by atoms with E-state index in [1.165, 1.54) is 12.1 Å². The number of rotatable bonds is 2. The molecule has 0 fully saturated rings. The van der Waals surface area contributed by atoms with Gasteiger partial charge in [0, 0.05) is 5.69 Å². The Kier molecular flexibility index (Phi) is 4.65. The highest BCUT2D eigenvalue weighted by Gasteiger charge is 2.39. The quantitative estimate of drug-likeness (QED) is 0.874. The van der Waals surface area contributed by atoms with Gasteiger partial charge in [-0.25, -0.2) is 4.79 Å². The van der Waals surface area contributed by atoms with Crippen LogP contribution in [0, 0.1) is 0 Å². The highest BCUT2D eigenvalue weighted by atomic mass is 19.4. The predicted octanol–water partition coefficient (Wildman–Crippen LogP) is 3.63. The van der Waals surface area contributed by atoms with Crippen molar-refractivity contribution in [2.24, 2.45) is 0 Å². The van der Waals surface area contributed by atoms with Crippen molar-refractivity contribution < 1.29 is 27.8 Å². The molecule has 0 aliphatic heterocycles. The van der Waals surface area contributed by atoms with E-state index in [1.54, 1.807) is 20.8 Å². The zero-order valence-corrected chi connectivity index (χ0v) is 11.3. The van der Waals surface area contributed by atoms with Gasteiger partial charge in [-0.05, 0) is 38.5 Å². The molecule has 0 bridgehead atoms. The molecule has 0 aliphatic rings. The second-order valence-electron chi connectivity index (χ2n) is 5.20. The maximum atomic E-state index is 12.4. The van der Waals surface area contributed by atoms with Crippen molar-refractivity contribution in [3.05, 3.63) is 29.8 Å². The van der Waals surface area contributed by atoms with Crippen LogP contribution < -0.4 is 5.32 Å². The van der Waals surface area contributed by atoms with Crippen molar-refractivity contribution in [3.8, 4) is 0 Å². The first-order valence-electron chi connectivity index (χ1n) is 5.84. The maximum absolute atomic E-state index is 12.4. The number of carbonyl (C=O) groups is 1. The molecule has 4 nitrogen and oxygen atoms in total. The summed E-state index contributed by atoms with van der Waals surface area (Å²) in [6, 6.07) is 4.87. The monoisotopic (exact) mass is 291 g/mol. The highest BCUT2D eigenvalue weighted by Crippen LogP contribution is 2.33. The Bertz CT molecular complexity index is 480. The summed E-state index contributed by atoms with van der Waals surface area (Å²) in [6.07, 6.45) is -8.14. The average molecular weight is 291 g/mol. The number of carbonyl (C=O) groups excluding carboxylic acids is 1. The predicted molar refractivity (Wildman–Crippen MR) is 67.3 cm³/mol. The Morgan fingerprint density at radius 3 is 2.40 bits per heavy atom. The van der Waals surface area contributed by atoms with Crippen LogP contribution in [0.5, 0.6) is 0 Å². The molecule has 0 aromatic heterocycles. The summed E-state index contributed by atoms with van der Waals surface area (Å²) in [7, 11) is 0. The van der Waals surface area contributed by atoms with Gasteiger partial charge in [-0.1, -0.05) is 12.1 Å². The van der Waals surface area contributed by atoms with Crippen molar-refractivity contribution in [2.75, 3.05) is 5.32 Å². The van der Waals surface area contributed by atoms with E-state index in [4.69, 9.17) is 9.84 Å². The first-order chi connectivity index (χ1) is 8.99. The number of benzene rings is 1. The number of hydrogen-bond donors (Lipinski definition) is 2. The van der Waals surface area contributed by atoms with Gasteiger partial charge < -0.3 is 9.84 Å². The molecule has 1 aromatic rings. The van der Waals surface area contributed by atoms with Crippen LogP contribution in [0.4, 0.5) is 23.7 Å². The van der Waals surface area contributed by atoms with Gasteiger partial charge in [0.25, 0.3) is 0 Å². The first-order valence-corrected chi connectivity index (χ1v) is 5.84. The summed E-state index contributed by atoms with van der Waals surface area (Å²) in [6.45, 7) is 4.99. The van der Waals surface area contributed by atoms with Crippen LogP contribution in [0.25, 0.3) is 0 Å². The number of amides is 1. The summed E-state index contributed by atoms with van der Waals surface area (Å²) >= 11 is 0. The van der Waals surface area contributed by atoms with Crippen molar-refractivity contribution in [1.82, 2.24) is 0 Å². The first kappa shape index (κ1) is 16.3. The van der Waals surface area contributed by atoms with E-state index in [0.29, 0.717) is 0 Å². The largest absolute Gasteiger partial charge is 0.444 e. The smallest absolute Gasteiger partial charge is 0.418 e. The highest BCUT2D eigenvalue weighted by molar-refractivity contribution is 5.84. The van der Waals surface area contributed by atoms with Crippen LogP contribution in [0.15, 0.2) is 24.3 Å². The van der Waals surface area contributed by atoms with Crippen LogP contribution in [-0.4, -0.2) is 23.0 Å². The Morgan fingerprint density at radius 1 is 1.30 bits per heavy atom. The molecule has 2 N–H and O–H groups in total. The third-order valence-corrected chi connectivity index (χ3v) is 2.16. The van der Waals surface area contributed by atoms with Gasteiger partial charge in [-0.2, -0.15) is 13.2 Å². The van der Waals surface area contributed by atoms with E-state index < -0.39 is 24.0 Å². The molecule has 0 saturated heterocycles. The van der Waals surface area contributed by atoms with E-state index >= 15 is 0 Å². The number of aliphatic hydroxyl groups excluding tert-OH is 1. The second-order valence-corrected chi connectivity index (χ2v) is 5.20. The number of halogens is 3. The van der Waals surface area contributed by atoms with Gasteiger partial charge in [0.15, 0.2) is 6.10 Å². The summed E-state index contributed by atoms with van der Waals surface area (Å²) in [4.78, 5) is 11.5. The molecule has 20 heavy (non-hydrogen) atoms. The fraction of sp³-hybridized carbons (Fsp3) is 0.462. The lowest BCUT2D eigenvalue weighted by atomic mass is 10.1. The number of nitrogens with one attached hydrogen (secondary N) is 1. The molecule has 0 unspecified atom stereocenters. The van der Waals surface area contributed by atoms with Crippen LogP contribution in [-0.2, 0) is 4.74 Å². The van der Waals surface area contributed by atoms with Crippen molar-refractivity contribution in [2.45, 2.75) is 38.7 Å². The van der Waals surface area contributed by atoms with Gasteiger partial charge in [-0.15, -0.1) is 0 Å². The van der Waals surface area contributed by atoms with Gasteiger partial charge in [0.05, 0.1) is 0 Å². The normalized spacial score (nSPS) is 13.8. The number of alkyl halides is 3. The minimum atomic E-state index is -4.76. The fourth-order valence-electron chi connectivity index (χ4n) is 1.40. The second kappa shape index (κ2) is 5.70. The molecule has 1 amide bonds. The lowest BCUT2D eigenvalue weighted by Gasteiger charge is -2.20. The molecule has 0 spiro atoms. The number of aliphatic hydroxyl groups is 1. The summed E-state index contributed by atoms with van der Waals surface area (Å²) in [5, 5.41) is 11.4. The zero-order chi connectivity index (χ0) is 15.6. The number of hydrogen-bond acceptors (Lipinski definition) is 3. The molecule has 0 aliphatic carbocycles. The van der Waals surface area contributed by atoms with E-state index in [0.717, 1.165) is 12.1 Å². The van der Waals surface area contributed by atoms with E-state index in [-0.39, 0.29) is 11.3 Å². The molecule has 0 heterocycles. The van der Waals surface area contributed by atoms with Gasteiger partial charge >= 0.3 is 12.3 Å². The standard InChI is InChI=1S/C13H16F3NO3/c1-12(2,3)20-11(19)17-9-6-4-5-8(7-9)10(18)13(14,15)16/h4-7,10,18H,1-3H3,(H,17,19)/t10-/m1/s1. The lowest BCUT2D eigenvalue weighted by molar-refractivity contribution is -0.206.